The Morgan fingerprint density at radius 1 is 1.23 bits per heavy atom. The number of carbonyl (C=O) groups excluding carboxylic acids is 1. The van der Waals surface area contributed by atoms with Crippen LogP contribution in [0.5, 0.6) is 5.75 Å². The van der Waals surface area contributed by atoms with Gasteiger partial charge in [0.1, 0.15) is 10.6 Å². The van der Waals surface area contributed by atoms with Crippen LogP contribution < -0.4 is 10.1 Å². The first kappa shape index (κ1) is 17.6. The molecule has 2 fully saturated rings. The van der Waals surface area contributed by atoms with E-state index in [0.717, 1.165) is 60.1 Å². The van der Waals surface area contributed by atoms with E-state index < -0.39 is 0 Å². The summed E-state index contributed by atoms with van der Waals surface area (Å²) in [6.45, 7) is 6.46. The second kappa shape index (κ2) is 7.41. The van der Waals surface area contributed by atoms with E-state index in [4.69, 9.17) is 4.74 Å². The van der Waals surface area contributed by atoms with Gasteiger partial charge in [-0.25, -0.2) is 0 Å². The van der Waals surface area contributed by atoms with Crippen molar-refractivity contribution in [2.45, 2.75) is 26.2 Å². The monoisotopic (exact) mass is 370 g/mol. The molecule has 3 heterocycles. The number of rotatable bonds is 4. The van der Waals surface area contributed by atoms with Crippen molar-refractivity contribution < 1.29 is 9.53 Å². The lowest BCUT2D eigenvalue weighted by Gasteiger charge is -2.38. The van der Waals surface area contributed by atoms with E-state index >= 15 is 0 Å². The smallest absolute Gasteiger partial charge is 0.267 e. The normalized spacial score (nSPS) is 19.0. The molecule has 4 rings (SSSR count). The number of benzene rings is 1. The first-order valence-corrected chi connectivity index (χ1v) is 10.3. The fourth-order valence-electron chi connectivity index (χ4n) is 4.08. The molecule has 26 heavy (non-hydrogen) atoms. The molecule has 138 valence electrons. The minimum absolute atomic E-state index is 0.126. The summed E-state index contributed by atoms with van der Waals surface area (Å²) in [5.74, 6) is 0.852. The van der Waals surface area contributed by atoms with Gasteiger partial charge >= 0.3 is 0 Å². The van der Waals surface area contributed by atoms with E-state index in [1.165, 1.54) is 6.42 Å². The third-order valence-corrected chi connectivity index (χ3v) is 6.85. The summed E-state index contributed by atoms with van der Waals surface area (Å²) < 4.78 is 5.80. The maximum atomic E-state index is 13.2. The Hall–Kier alpha value is -1.85. The maximum absolute atomic E-state index is 13.2. The van der Waals surface area contributed by atoms with Crippen LogP contribution in [0.25, 0.3) is 10.4 Å². The highest BCUT2D eigenvalue weighted by Gasteiger charge is 2.38. The molecular formula is C21H26N2O2S. The molecule has 5 heteroatoms. The fraction of sp³-hybridized carbons (Fsp3) is 0.476. The number of nitrogens with one attached hydrogen (secondary N) is 1. The van der Waals surface area contributed by atoms with Crippen LogP contribution in [-0.4, -0.2) is 43.6 Å². The second-order valence-electron chi connectivity index (χ2n) is 7.32. The van der Waals surface area contributed by atoms with Gasteiger partial charge in [-0.2, -0.15) is 0 Å². The zero-order valence-electron chi connectivity index (χ0n) is 15.3. The number of thiophene rings is 1. The minimum Gasteiger partial charge on any atom is -0.492 e. The third-order valence-electron chi connectivity index (χ3n) is 5.69. The molecule has 2 saturated heterocycles. The Morgan fingerprint density at radius 2 is 2.00 bits per heavy atom. The zero-order valence-corrected chi connectivity index (χ0v) is 16.1. The molecule has 1 aromatic carbocycles. The molecule has 2 aliphatic heterocycles. The van der Waals surface area contributed by atoms with Gasteiger partial charge in [-0.15, -0.1) is 11.3 Å². The van der Waals surface area contributed by atoms with Crippen molar-refractivity contribution in [2.75, 3.05) is 32.8 Å². The van der Waals surface area contributed by atoms with Crippen molar-refractivity contribution in [1.82, 2.24) is 10.2 Å². The van der Waals surface area contributed by atoms with Crippen LogP contribution in [0, 0.1) is 5.41 Å². The van der Waals surface area contributed by atoms with Crippen molar-refractivity contribution in [3.05, 3.63) is 41.3 Å². The molecule has 2 aliphatic rings. The first-order chi connectivity index (χ1) is 12.7. The Balaban J connectivity index is 1.54. The molecule has 0 atom stereocenters. The fourth-order valence-corrected chi connectivity index (χ4v) is 5.16. The molecule has 0 saturated carbocycles. The highest BCUT2D eigenvalue weighted by Crippen LogP contribution is 2.40. The van der Waals surface area contributed by atoms with E-state index in [-0.39, 0.29) is 5.91 Å². The van der Waals surface area contributed by atoms with Crippen molar-refractivity contribution in [1.29, 1.82) is 0 Å². The van der Waals surface area contributed by atoms with Gasteiger partial charge in [0, 0.05) is 24.5 Å². The van der Waals surface area contributed by atoms with Crippen molar-refractivity contribution in [2.24, 2.45) is 5.41 Å². The molecule has 1 amide bonds. The zero-order chi connectivity index (χ0) is 18.0. The topological polar surface area (TPSA) is 41.6 Å². The lowest BCUT2D eigenvalue weighted by atomic mass is 9.78. The molecule has 0 radical (unpaired) electrons. The van der Waals surface area contributed by atoms with E-state index in [1.54, 1.807) is 11.3 Å². The van der Waals surface area contributed by atoms with Gasteiger partial charge in [0.2, 0.25) is 0 Å². The predicted octanol–water partition coefficient (Wildman–Crippen LogP) is 4.03. The van der Waals surface area contributed by atoms with E-state index in [9.17, 15) is 4.79 Å². The lowest BCUT2D eigenvalue weighted by molar-refractivity contribution is 0.0609. The lowest BCUT2D eigenvalue weighted by Crippen LogP contribution is -2.43. The number of carbonyl (C=O) groups is 1. The molecule has 1 N–H and O–H groups in total. The van der Waals surface area contributed by atoms with Gasteiger partial charge in [-0.05, 0) is 49.8 Å². The molecule has 0 unspecified atom stereocenters. The highest BCUT2D eigenvalue weighted by molar-refractivity contribution is 7.17. The molecule has 0 aliphatic carbocycles. The van der Waals surface area contributed by atoms with Gasteiger partial charge in [-0.1, -0.05) is 30.3 Å². The Kier molecular flexibility index (Phi) is 5.00. The molecule has 0 bridgehead atoms. The number of ether oxygens (including phenoxy) is 1. The van der Waals surface area contributed by atoms with Crippen LogP contribution >= 0.6 is 11.3 Å². The number of amides is 1. The number of piperidine rings is 1. The van der Waals surface area contributed by atoms with Gasteiger partial charge in [0.25, 0.3) is 5.91 Å². The Morgan fingerprint density at radius 3 is 2.65 bits per heavy atom. The summed E-state index contributed by atoms with van der Waals surface area (Å²) in [6.07, 6.45) is 3.45. The largest absolute Gasteiger partial charge is 0.492 e. The van der Waals surface area contributed by atoms with Crippen LogP contribution in [0.2, 0.25) is 0 Å². The second-order valence-corrected chi connectivity index (χ2v) is 8.37. The summed E-state index contributed by atoms with van der Waals surface area (Å²) in [5, 5.41) is 3.48. The summed E-state index contributed by atoms with van der Waals surface area (Å²) >= 11 is 1.55. The number of hydrogen-bond donors (Lipinski definition) is 1. The quantitative estimate of drug-likeness (QED) is 0.883. The first-order valence-electron chi connectivity index (χ1n) is 9.53. The maximum Gasteiger partial charge on any atom is 0.267 e. The van der Waals surface area contributed by atoms with E-state index in [0.29, 0.717) is 12.0 Å². The summed E-state index contributed by atoms with van der Waals surface area (Å²) in [4.78, 5) is 17.0. The average molecular weight is 371 g/mol. The number of hydrogen-bond acceptors (Lipinski definition) is 4. The Bertz CT molecular complexity index is 756. The predicted molar refractivity (Wildman–Crippen MR) is 106 cm³/mol. The van der Waals surface area contributed by atoms with Crippen LogP contribution in [0.1, 0.15) is 35.9 Å². The number of nitrogens with zero attached hydrogens (tertiary/aromatic N) is 1. The van der Waals surface area contributed by atoms with Crippen molar-refractivity contribution >= 4 is 17.2 Å². The van der Waals surface area contributed by atoms with E-state index in [2.05, 4.69) is 17.4 Å². The molecule has 1 aromatic heterocycles. The average Bonchev–Trinajstić information content (AvgIpc) is 3.31. The van der Waals surface area contributed by atoms with Gasteiger partial charge < -0.3 is 15.0 Å². The molecule has 4 nitrogen and oxygen atoms in total. The Labute approximate surface area is 159 Å². The number of likely N-dealkylation sites (tertiary alicyclic amines) is 1. The third kappa shape index (κ3) is 3.38. The van der Waals surface area contributed by atoms with Crippen LogP contribution in [0.15, 0.2) is 36.4 Å². The molecule has 1 spiro atoms. The van der Waals surface area contributed by atoms with Crippen LogP contribution in [0.3, 0.4) is 0 Å². The van der Waals surface area contributed by atoms with Crippen molar-refractivity contribution in [3.8, 4) is 16.2 Å². The molecular weight excluding hydrogens is 344 g/mol. The van der Waals surface area contributed by atoms with Gasteiger partial charge in [0.05, 0.1) is 6.61 Å². The summed E-state index contributed by atoms with van der Waals surface area (Å²) in [5.41, 5.74) is 1.55. The SMILES string of the molecule is CCOc1cc(-c2ccccc2)sc1C(=O)N1CCC2(CCNC2)CC1. The van der Waals surface area contributed by atoms with Crippen molar-refractivity contribution in [3.63, 3.8) is 0 Å². The van der Waals surface area contributed by atoms with Gasteiger partial charge in [0.15, 0.2) is 0 Å². The minimum atomic E-state index is 0.126. The van der Waals surface area contributed by atoms with Gasteiger partial charge in [-0.3, -0.25) is 4.79 Å². The van der Waals surface area contributed by atoms with Crippen LogP contribution in [0.4, 0.5) is 0 Å². The standard InChI is InChI=1S/C21H26N2O2S/c1-2-25-17-14-18(16-6-4-3-5-7-16)26-19(17)20(24)23-12-9-21(10-13-23)8-11-22-15-21/h3-7,14,22H,2,8-13,15H2,1H3. The van der Waals surface area contributed by atoms with Crippen LogP contribution in [-0.2, 0) is 0 Å². The summed E-state index contributed by atoms with van der Waals surface area (Å²) in [6, 6.07) is 12.2. The van der Waals surface area contributed by atoms with E-state index in [1.807, 2.05) is 36.1 Å². The highest BCUT2D eigenvalue weighted by atomic mass is 32.1. The molecule has 2 aromatic rings. The summed E-state index contributed by atoms with van der Waals surface area (Å²) in [7, 11) is 0.